The molecule has 3 heteroatoms. The molecule has 0 amide bonds. The van der Waals surface area contributed by atoms with Crippen LogP contribution in [0.25, 0.3) is 0 Å². The summed E-state index contributed by atoms with van der Waals surface area (Å²) in [5, 5.41) is 3.55. The minimum atomic E-state index is 0.429. The number of nitrogens with one attached hydrogen (secondary N) is 1. The highest BCUT2D eigenvalue weighted by Crippen LogP contribution is 2.40. The van der Waals surface area contributed by atoms with Crippen LogP contribution in [0.15, 0.2) is 18.2 Å². The molecule has 3 rings (SSSR count). The zero-order valence-corrected chi connectivity index (χ0v) is 13.7. The quantitative estimate of drug-likeness (QED) is 0.901. The number of nitrogens with zero attached hydrogens (tertiary/aromatic N) is 1. The summed E-state index contributed by atoms with van der Waals surface area (Å²) in [5.41, 5.74) is 2.89. The summed E-state index contributed by atoms with van der Waals surface area (Å²) < 4.78 is 5.37. The van der Waals surface area contributed by atoms with Crippen molar-refractivity contribution in [3.63, 3.8) is 0 Å². The lowest BCUT2D eigenvalue weighted by molar-refractivity contribution is 0.169. The molecule has 0 spiro atoms. The first-order chi connectivity index (χ1) is 10.1. The number of ether oxygens (including phenoxy) is 1. The maximum absolute atomic E-state index is 5.37. The highest BCUT2D eigenvalue weighted by molar-refractivity contribution is 5.40. The molecular weight excluding hydrogens is 260 g/mol. The van der Waals surface area contributed by atoms with E-state index in [1.165, 1.54) is 30.5 Å². The molecule has 0 aromatic heterocycles. The molecule has 1 N–H and O–H groups in total. The summed E-state index contributed by atoms with van der Waals surface area (Å²) in [4.78, 5) is 2.59. The van der Waals surface area contributed by atoms with Crippen LogP contribution in [0.2, 0.25) is 0 Å². The highest BCUT2D eigenvalue weighted by atomic mass is 16.5. The minimum Gasteiger partial charge on any atom is -0.497 e. The van der Waals surface area contributed by atoms with Crippen LogP contribution in [0, 0.1) is 11.8 Å². The number of hydrogen-bond donors (Lipinski definition) is 1. The van der Waals surface area contributed by atoms with E-state index in [1.54, 1.807) is 7.11 Å². The molecule has 116 valence electrons. The van der Waals surface area contributed by atoms with E-state index in [2.05, 4.69) is 49.4 Å². The first-order valence-electron chi connectivity index (χ1n) is 8.18. The second-order valence-electron chi connectivity index (χ2n) is 6.85. The van der Waals surface area contributed by atoms with Gasteiger partial charge in [0.15, 0.2) is 0 Å². The Balaban J connectivity index is 1.77. The Morgan fingerprint density at radius 1 is 1.38 bits per heavy atom. The van der Waals surface area contributed by atoms with Crippen molar-refractivity contribution in [1.29, 1.82) is 0 Å². The zero-order valence-electron chi connectivity index (χ0n) is 13.7. The topological polar surface area (TPSA) is 24.5 Å². The van der Waals surface area contributed by atoms with Gasteiger partial charge in [0.1, 0.15) is 5.75 Å². The fraction of sp³-hybridized carbons (Fsp3) is 0.667. The summed E-state index contributed by atoms with van der Waals surface area (Å²) in [6.07, 6.45) is 3.79. The van der Waals surface area contributed by atoms with Gasteiger partial charge in [-0.2, -0.15) is 0 Å². The summed E-state index contributed by atoms with van der Waals surface area (Å²) in [6.45, 7) is 3.62. The van der Waals surface area contributed by atoms with Gasteiger partial charge in [-0.1, -0.05) is 13.0 Å². The Bertz CT molecular complexity index is 502. The van der Waals surface area contributed by atoms with E-state index in [0.29, 0.717) is 12.1 Å². The normalized spacial score (nSPS) is 31.1. The minimum absolute atomic E-state index is 0.429. The first-order valence-corrected chi connectivity index (χ1v) is 8.18. The molecule has 0 bridgehead atoms. The second-order valence-corrected chi connectivity index (χ2v) is 6.85. The van der Waals surface area contributed by atoms with E-state index in [0.717, 1.165) is 24.0 Å². The summed E-state index contributed by atoms with van der Waals surface area (Å²) in [6, 6.07) is 7.57. The fourth-order valence-electron chi connectivity index (χ4n) is 3.89. The van der Waals surface area contributed by atoms with E-state index in [9.17, 15) is 0 Å². The van der Waals surface area contributed by atoms with Crippen molar-refractivity contribution >= 4 is 0 Å². The number of fused-ring (bicyclic) bond motifs is 1. The third kappa shape index (κ3) is 2.95. The standard InChI is InChI=1S/C18H28N2O/c1-12-9-14(12)11-20(3)17-8-5-13-10-15(21-4)6-7-16(13)18(17)19-2/h6-7,10,12,14,17-19H,5,8-9,11H2,1-4H3. The molecule has 0 aliphatic heterocycles. The van der Waals surface area contributed by atoms with Gasteiger partial charge in [0.25, 0.3) is 0 Å². The van der Waals surface area contributed by atoms with E-state index >= 15 is 0 Å². The van der Waals surface area contributed by atoms with Crippen LogP contribution in [0.5, 0.6) is 5.75 Å². The molecule has 4 atom stereocenters. The van der Waals surface area contributed by atoms with Gasteiger partial charge < -0.3 is 15.0 Å². The van der Waals surface area contributed by atoms with Gasteiger partial charge in [-0.25, -0.2) is 0 Å². The molecule has 0 saturated heterocycles. The smallest absolute Gasteiger partial charge is 0.119 e. The van der Waals surface area contributed by atoms with Crippen molar-refractivity contribution < 1.29 is 4.74 Å². The summed E-state index contributed by atoms with van der Waals surface area (Å²) in [7, 11) is 6.13. The van der Waals surface area contributed by atoms with Gasteiger partial charge in [0, 0.05) is 18.6 Å². The molecule has 1 aromatic carbocycles. The zero-order chi connectivity index (χ0) is 15.0. The SMILES string of the molecule is CNC1c2ccc(OC)cc2CCC1N(C)CC1CC1C. The third-order valence-corrected chi connectivity index (χ3v) is 5.46. The van der Waals surface area contributed by atoms with Gasteiger partial charge in [-0.15, -0.1) is 0 Å². The predicted molar refractivity (Wildman–Crippen MR) is 86.8 cm³/mol. The van der Waals surface area contributed by atoms with E-state index in [-0.39, 0.29) is 0 Å². The fourth-order valence-corrected chi connectivity index (χ4v) is 3.89. The van der Waals surface area contributed by atoms with Crippen LogP contribution in [-0.4, -0.2) is 38.7 Å². The average molecular weight is 288 g/mol. The highest BCUT2D eigenvalue weighted by Gasteiger charge is 2.37. The third-order valence-electron chi connectivity index (χ3n) is 5.46. The van der Waals surface area contributed by atoms with Crippen LogP contribution >= 0.6 is 0 Å². The second kappa shape index (κ2) is 5.98. The van der Waals surface area contributed by atoms with Crippen molar-refractivity contribution in [3.05, 3.63) is 29.3 Å². The Morgan fingerprint density at radius 2 is 2.14 bits per heavy atom. The van der Waals surface area contributed by atoms with Crippen LogP contribution in [0.1, 0.15) is 36.9 Å². The number of aryl methyl sites for hydroxylation is 1. The molecule has 1 aromatic rings. The van der Waals surface area contributed by atoms with Crippen LogP contribution in [0.3, 0.4) is 0 Å². The number of rotatable bonds is 5. The number of hydrogen-bond acceptors (Lipinski definition) is 3. The number of methoxy groups -OCH3 is 1. The van der Waals surface area contributed by atoms with E-state index in [1.807, 2.05) is 0 Å². The molecule has 4 unspecified atom stereocenters. The molecule has 1 fully saturated rings. The molecule has 0 radical (unpaired) electrons. The van der Waals surface area contributed by atoms with Gasteiger partial charge in [0.05, 0.1) is 7.11 Å². The Morgan fingerprint density at radius 3 is 2.76 bits per heavy atom. The van der Waals surface area contributed by atoms with Crippen molar-refractivity contribution in [2.45, 2.75) is 38.3 Å². The Labute approximate surface area is 128 Å². The lowest BCUT2D eigenvalue weighted by atomic mass is 9.83. The molecule has 3 nitrogen and oxygen atoms in total. The van der Waals surface area contributed by atoms with Crippen LogP contribution in [-0.2, 0) is 6.42 Å². The summed E-state index contributed by atoms with van der Waals surface area (Å²) in [5.74, 6) is 2.83. The monoisotopic (exact) mass is 288 g/mol. The molecule has 2 aliphatic rings. The molecule has 21 heavy (non-hydrogen) atoms. The lowest BCUT2D eigenvalue weighted by Crippen LogP contribution is -2.45. The predicted octanol–water partition coefficient (Wildman–Crippen LogP) is 2.86. The van der Waals surface area contributed by atoms with Gasteiger partial charge in [-0.05, 0) is 68.5 Å². The largest absolute Gasteiger partial charge is 0.497 e. The van der Waals surface area contributed by atoms with E-state index < -0.39 is 0 Å². The van der Waals surface area contributed by atoms with Crippen molar-refractivity contribution in [2.75, 3.05) is 27.7 Å². The molecule has 0 heterocycles. The maximum atomic E-state index is 5.37. The lowest BCUT2D eigenvalue weighted by Gasteiger charge is -2.39. The first kappa shape index (κ1) is 14.9. The Kier molecular flexibility index (Phi) is 4.23. The summed E-state index contributed by atoms with van der Waals surface area (Å²) >= 11 is 0. The van der Waals surface area contributed by atoms with Crippen molar-refractivity contribution in [1.82, 2.24) is 10.2 Å². The van der Waals surface area contributed by atoms with Gasteiger partial charge in [0.2, 0.25) is 0 Å². The van der Waals surface area contributed by atoms with Gasteiger partial charge in [-0.3, -0.25) is 0 Å². The van der Waals surface area contributed by atoms with Crippen molar-refractivity contribution in [2.24, 2.45) is 11.8 Å². The number of benzene rings is 1. The van der Waals surface area contributed by atoms with E-state index in [4.69, 9.17) is 4.74 Å². The molecule has 2 aliphatic carbocycles. The molecule has 1 saturated carbocycles. The number of likely N-dealkylation sites (N-methyl/N-ethyl adjacent to an activating group) is 2. The van der Waals surface area contributed by atoms with Crippen LogP contribution in [0.4, 0.5) is 0 Å². The average Bonchev–Trinajstić information content (AvgIpc) is 3.20. The van der Waals surface area contributed by atoms with Crippen LogP contribution < -0.4 is 10.1 Å². The Hall–Kier alpha value is -1.06. The van der Waals surface area contributed by atoms with Crippen molar-refractivity contribution in [3.8, 4) is 5.75 Å². The maximum Gasteiger partial charge on any atom is 0.119 e. The van der Waals surface area contributed by atoms with Gasteiger partial charge >= 0.3 is 0 Å². The molecular formula is C18H28N2O.